The van der Waals surface area contributed by atoms with Crippen LogP contribution in [0, 0.1) is 12.8 Å². The summed E-state index contributed by atoms with van der Waals surface area (Å²) in [5.74, 6) is 1.05. The van der Waals surface area contributed by atoms with Crippen molar-refractivity contribution in [3.8, 4) is 5.75 Å². The third-order valence-corrected chi connectivity index (χ3v) is 4.08. The van der Waals surface area contributed by atoms with E-state index < -0.39 is 0 Å². The van der Waals surface area contributed by atoms with Gasteiger partial charge in [0, 0.05) is 24.7 Å². The van der Waals surface area contributed by atoms with Crippen LogP contribution in [0.2, 0.25) is 0 Å². The van der Waals surface area contributed by atoms with Gasteiger partial charge in [-0.2, -0.15) is 0 Å². The Morgan fingerprint density at radius 3 is 2.94 bits per heavy atom. The van der Waals surface area contributed by atoms with Gasteiger partial charge in [0.1, 0.15) is 5.75 Å². The SMILES string of the molecule is Cc1ccc(O)c(CN2CCCC(C)C2CN)c1. The maximum atomic E-state index is 9.93. The van der Waals surface area contributed by atoms with Crippen LogP contribution in [0.1, 0.15) is 30.9 Å². The summed E-state index contributed by atoms with van der Waals surface area (Å²) in [5, 5.41) is 9.93. The fraction of sp³-hybridized carbons (Fsp3) is 0.600. The van der Waals surface area contributed by atoms with Crippen molar-refractivity contribution in [2.45, 2.75) is 39.3 Å². The summed E-state index contributed by atoms with van der Waals surface area (Å²) in [5.41, 5.74) is 8.11. The molecule has 1 aliphatic heterocycles. The van der Waals surface area contributed by atoms with Crippen LogP contribution in [0.4, 0.5) is 0 Å². The van der Waals surface area contributed by atoms with Crippen molar-refractivity contribution < 1.29 is 5.11 Å². The van der Waals surface area contributed by atoms with Crippen LogP contribution in [0.3, 0.4) is 0 Å². The summed E-state index contributed by atoms with van der Waals surface area (Å²) in [6, 6.07) is 6.24. The predicted molar refractivity (Wildman–Crippen MR) is 74.5 cm³/mol. The number of phenolic OH excluding ortho intramolecular Hbond substituents is 1. The Labute approximate surface area is 110 Å². The van der Waals surface area contributed by atoms with Gasteiger partial charge in [-0.25, -0.2) is 0 Å². The van der Waals surface area contributed by atoms with Crippen LogP contribution in [-0.4, -0.2) is 29.1 Å². The molecule has 0 bridgehead atoms. The number of nitrogens with zero attached hydrogens (tertiary/aromatic N) is 1. The minimum Gasteiger partial charge on any atom is -0.508 e. The molecule has 2 unspecified atom stereocenters. The maximum Gasteiger partial charge on any atom is 0.120 e. The van der Waals surface area contributed by atoms with Gasteiger partial charge in [-0.3, -0.25) is 4.90 Å². The van der Waals surface area contributed by atoms with Crippen LogP contribution in [0.15, 0.2) is 18.2 Å². The average molecular weight is 248 g/mol. The second-order valence-electron chi connectivity index (χ2n) is 5.53. The minimum atomic E-state index is 0.398. The molecule has 0 aromatic heterocycles. The molecule has 1 heterocycles. The first kappa shape index (κ1) is 13.4. The Hall–Kier alpha value is -1.06. The lowest BCUT2D eigenvalue weighted by molar-refractivity contribution is 0.0982. The zero-order valence-electron chi connectivity index (χ0n) is 11.4. The van der Waals surface area contributed by atoms with Gasteiger partial charge in [0.2, 0.25) is 0 Å². The molecule has 1 saturated heterocycles. The van der Waals surface area contributed by atoms with Gasteiger partial charge in [-0.05, 0) is 38.3 Å². The van der Waals surface area contributed by atoms with Gasteiger partial charge < -0.3 is 10.8 Å². The number of phenols is 1. The van der Waals surface area contributed by atoms with E-state index in [1.165, 1.54) is 18.4 Å². The van der Waals surface area contributed by atoms with E-state index in [1.807, 2.05) is 6.07 Å². The molecule has 3 N–H and O–H groups in total. The molecule has 100 valence electrons. The Kier molecular flexibility index (Phi) is 4.25. The van der Waals surface area contributed by atoms with Crippen molar-refractivity contribution in [1.82, 2.24) is 4.90 Å². The summed E-state index contributed by atoms with van der Waals surface area (Å²) in [6.07, 6.45) is 2.49. The topological polar surface area (TPSA) is 49.5 Å². The largest absolute Gasteiger partial charge is 0.508 e. The van der Waals surface area contributed by atoms with E-state index in [9.17, 15) is 5.11 Å². The van der Waals surface area contributed by atoms with Crippen molar-refractivity contribution in [3.63, 3.8) is 0 Å². The highest BCUT2D eigenvalue weighted by Gasteiger charge is 2.27. The van der Waals surface area contributed by atoms with Crippen LogP contribution in [0.5, 0.6) is 5.75 Å². The van der Waals surface area contributed by atoms with E-state index in [1.54, 1.807) is 6.07 Å². The smallest absolute Gasteiger partial charge is 0.120 e. The molecular formula is C15H24N2O. The molecule has 1 aromatic carbocycles. The number of piperidine rings is 1. The van der Waals surface area contributed by atoms with E-state index in [0.29, 0.717) is 24.3 Å². The molecular weight excluding hydrogens is 224 g/mol. The van der Waals surface area contributed by atoms with Crippen molar-refractivity contribution in [3.05, 3.63) is 29.3 Å². The number of nitrogens with two attached hydrogens (primary N) is 1. The van der Waals surface area contributed by atoms with Gasteiger partial charge in [0.05, 0.1) is 0 Å². The van der Waals surface area contributed by atoms with Crippen molar-refractivity contribution in [2.75, 3.05) is 13.1 Å². The molecule has 0 radical (unpaired) electrons. The molecule has 0 spiro atoms. The number of aromatic hydroxyl groups is 1. The zero-order chi connectivity index (χ0) is 13.1. The van der Waals surface area contributed by atoms with Crippen molar-refractivity contribution in [2.24, 2.45) is 11.7 Å². The van der Waals surface area contributed by atoms with Crippen LogP contribution < -0.4 is 5.73 Å². The van der Waals surface area contributed by atoms with Crippen LogP contribution >= 0.6 is 0 Å². The molecule has 18 heavy (non-hydrogen) atoms. The van der Waals surface area contributed by atoms with E-state index in [2.05, 4.69) is 24.8 Å². The van der Waals surface area contributed by atoms with E-state index in [-0.39, 0.29) is 0 Å². The molecule has 1 fully saturated rings. The third kappa shape index (κ3) is 2.85. The molecule has 3 nitrogen and oxygen atoms in total. The fourth-order valence-corrected chi connectivity index (χ4v) is 2.97. The molecule has 1 aliphatic rings. The van der Waals surface area contributed by atoms with Gasteiger partial charge in [-0.1, -0.05) is 24.6 Å². The van der Waals surface area contributed by atoms with Gasteiger partial charge >= 0.3 is 0 Å². The first-order chi connectivity index (χ1) is 8.61. The lowest BCUT2D eigenvalue weighted by Crippen LogP contribution is -2.48. The molecule has 0 amide bonds. The predicted octanol–water partition coefficient (Wildman–Crippen LogP) is 2.26. The van der Waals surface area contributed by atoms with Crippen molar-refractivity contribution in [1.29, 1.82) is 0 Å². The number of benzene rings is 1. The molecule has 0 saturated carbocycles. The number of hydrogen-bond donors (Lipinski definition) is 2. The molecule has 0 aliphatic carbocycles. The Bertz CT molecular complexity index is 405. The highest BCUT2D eigenvalue weighted by Crippen LogP contribution is 2.27. The van der Waals surface area contributed by atoms with E-state index in [0.717, 1.165) is 18.7 Å². The van der Waals surface area contributed by atoms with E-state index in [4.69, 9.17) is 5.73 Å². The Morgan fingerprint density at radius 1 is 1.44 bits per heavy atom. The summed E-state index contributed by atoms with van der Waals surface area (Å²) in [6.45, 7) is 6.93. The summed E-state index contributed by atoms with van der Waals surface area (Å²) in [4.78, 5) is 2.42. The molecule has 2 atom stereocenters. The number of likely N-dealkylation sites (tertiary alicyclic amines) is 1. The quantitative estimate of drug-likeness (QED) is 0.862. The van der Waals surface area contributed by atoms with Crippen LogP contribution in [-0.2, 0) is 6.54 Å². The first-order valence-corrected chi connectivity index (χ1v) is 6.84. The highest BCUT2D eigenvalue weighted by atomic mass is 16.3. The van der Waals surface area contributed by atoms with Gasteiger partial charge in [0.25, 0.3) is 0 Å². The molecule has 1 aromatic rings. The molecule has 2 rings (SSSR count). The average Bonchev–Trinajstić information content (AvgIpc) is 2.34. The summed E-state index contributed by atoms with van der Waals surface area (Å²) >= 11 is 0. The molecule has 3 heteroatoms. The monoisotopic (exact) mass is 248 g/mol. The number of rotatable bonds is 3. The maximum absolute atomic E-state index is 9.93. The zero-order valence-corrected chi connectivity index (χ0v) is 11.4. The second kappa shape index (κ2) is 5.72. The lowest BCUT2D eigenvalue weighted by Gasteiger charge is -2.39. The first-order valence-electron chi connectivity index (χ1n) is 6.84. The van der Waals surface area contributed by atoms with Gasteiger partial charge in [-0.15, -0.1) is 0 Å². The Balaban J connectivity index is 2.14. The normalized spacial score (nSPS) is 25.3. The lowest BCUT2D eigenvalue weighted by atomic mass is 9.90. The van der Waals surface area contributed by atoms with Crippen LogP contribution in [0.25, 0.3) is 0 Å². The van der Waals surface area contributed by atoms with Gasteiger partial charge in [0.15, 0.2) is 0 Å². The fourth-order valence-electron chi connectivity index (χ4n) is 2.97. The third-order valence-electron chi connectivity index (χ3n) is 4.08. The van der Waals surface area contributed by atoms with Crippen molar-refractivity contribution >= 4 is 0 Å². The van der Waals surface area contributed by atoms with E-state index >= 15 is 0 Å². The highest BCUT2D eigenvalue weighted by molar-refractivity contribution is 5.35. The number of aryl methyl sites for hydroxylation is 1. The Morgan fingerprint density at radius 2 is 2.22 bits per heavy atom. The number of hydrogen-bond acceptors (Lipinski definition) is 3. The summed E-state index contributed by atoms with van der Waals surface area (Å²) in [7, 11) is 0. The standard InChI is InChI=1S/C15H24N2O/c1-11-5-6-15(18)13(8-11)10-17-7-3-4-12(2)14(17)9-16/h5-6,8,12,14,18H,3-4,7,9-10,16H2,1-2H3. The second-order valence-corrected chi connectivity index (χ2v) is 5.53. The minimum absolute atomic E-state index is 0.398. The summed E-state index contributed by atoms with van der Waals surface area (Å²) < 4.78 is 0.